The molecule has 0 radical (unpaired) electrons. The van der Waals surface area contributed by atoms with Crippen molar-refractivity contribution in [2.24, 2.45) is 5.41 Å². The van der Waals surface area contributed by atoms with Crippen molar-refractivity contribution < 1.29 is 27.8 Å². The molecule has 28 heavy (non-hydrogen) atoms. The normalized spacial score (nSPS) is 17.9. The molecule has 1 aliphatic carbocycles. The second-order valence-electron chi connectivity index (χ2n) is 7.51. The molecule has 2 aromatic carbocycles. The van der Waals surface area contributed by atoms with Crippen LogP contribution in [0.5, 0.6) is 5.75 Å². The molecule has 1 aliphatic rings. The molecule has 0 saturated carbocycles. The molecule has 0 aromatic heterocycles. The van der Waals surface area contributed by atoms with E-state index in [1.807, 2.05) is 32.0 Å². The third-order valence-corrected chi connectivity index (χ3v) is 5.12. The maximum atomic E-state index is 12.3. The zero-order valence-electron chi connectivity index (χ0n) is 15.2. The van der Waals surface area contributed by atoms with E-state index in [9.17, 15) is 18.0 Å². The van der Waals surface area contributed by atoms with Crippen LogP contribution < -0.4 is 10.1 Å². The van der Waals surface area contributed by atoms with E-state index < -0.39 is 18.9 Å². The first-order chi connectivity index (χ1) is 13.0. The molecule has 0 saturated heterocycles. The van der Waals surface area contributed by atoms with Crippen LogP contribution in [0.25, 0.3) is 11.1 Å². The number of halogens is 4. The van der Waals surface area contributed by atoms with Gasteiger partial charge in [-0.05, 0) is 46.7 Å². The Bertz CT molecular complexity index is 912. The van der Waals surface area contributed by atoms with E-state index in [-0.39, 0.29) is 22.2 Å². The fourth-order valence-electron chi connectivity index (χ4n) is 3.60. The monoisotopic (exact) mass is 413 g/mol. The minimum absolute atomic E-state index is 0.0408. The van der Waals surface area contributed by atoms with Crippen LogP contribution in [0.4, 0.5) is 18.0 Å². The van der Waals surface area contributed by atoms with Crippen LogP contribution in [0.1, 0.15) is 31.0 Å². The maximum absolute atomic E-state index is 12.3. The van der Waals surface area contributed by atoms with Gasteiger partial charge in [0.05, 0.1) is 11.1 Å². The average Bonchev–Trinajstić information content (AvgIpc) is 2.81. The van der Waals surface area contributed by atoms with Gasteiger partial charge in [-0.25, -0.2) is 4.79 Å². The van der Waals surface area contributed by atoms with Crippen LogP contribution in [-0.2, 0) is 6.42 Å². The SMILES string of the molecule is CC1(C)Cc2cc(-c3ccc(OCC(F)(F)F)cc3Cl)ccc2[C@@H]1NC(=O)O. The largest absolute Gasteiger partial charge is 0.484 e. The molecule has 2 N–H and O–H groups in total. The number of carboxylic acid groups (broad SMARTS) is 1. The van der Waals surface area contributed by atoms with Gasteiger partial charge in [0.15, 0.2) is 6.61 Å². The first kappa shape index (κ1) is 20.3. The first-order valence-electron chi connectivity index (χ1n) is 8.58. The molecule has 1 amide bonds. The Morgan fingerprint density at radius 3 is 2.61 bits per heavy atom. The Labute approximate surface area is 165 Å². The molecule has 3 rings (SSSR count). The molecule has 4 nitrogen and oxygen atoms in total. The van der Waals surface area contributed by atoms with E-state index in [0.717, 1.165) is 16.7 Å². The van der Waals surface area contributed by atoms with Crippen molar-refractivity contribution in [1.82, 2.24) is 5.32 Å². The number of amides is 1. The molecular weight excluding hydrogens is 395 g/mol. The number of hydrogen-bond acceptors (Lipinski definition) is 2. The van der Waals surface area contributed by atoms with E-state index in [1.165, 1.54) is 12.1 Å². The number of ether oxygens (including phenoxy) is 1. The van der Waals surface area contributed by atoms with Crippen LogP contribution in [0, 0.1) is 5.41 Å². The summed E-state index contributed by atoms with van der Waals surface area (Å²) in [5.74, 6) is 0.0408. The summed E-state index contributed by atoms with van der Waals surface area (Å²) in [5.41, 5.74) is 3.11. The standard InChI is InChI=1S/C20H19ClF3NO3/c1-19(2)9-12-7-11(3-5-15(12)17(19)25-18(26)27)14-6-4-13(8-16(14)21)28-10-20(22,23)24/h3-8,17,25H,9-10H2,1-2H3,(H,26,27)/t17-/m0/s1. The van der Waals surface area contributed by atoms with Crippen molar-refractivity contribution >= 4 is 17.7 Å². The van der Waals surface area contributed by atoms with E-state index >= 15 is 0 Å². The molecule has 8 heteroatoms. The minimum atomic E-state index is -4.42. The number of benzene rings is 2. The van der Waals surface area contributed by atoms with Crippen molar-refractivity contribution in [1.29, 1.82) is 0 Å². The van der Waals surface area contributed by atoms with Gasteiger partial charge in [0, 0.05) is 5.56 Å². The molecule has 0 bridgehead atoms. The highest BCUT2D eigenvalue weighted by Gasteiger charge is 2.40. The van der Waals surface area contributed by atoms with Crippen molar-refractivity contribution in [2.45, 2.75) is 32.5 Å². The lowest BCUT2D eigenvalue weighted by atomic mass is 9.85. The van der Waals surface area contributed by atoms with Crippen molar-refractivity contribution in [3.05, 3.63) is 52.5 Å². The Kier molecular flexibility index (Phi) is 5.23. The van der Waals surface area contributed by atoms with E-state index in [2.05, 4.69) is 5.32 Å². The smallest absolute Gasteiger partial charge is 0.422 e. The molecular formula is C20H19ClF3NO3. The molecule has 150 valence electrons. The van der Waals surface area contributed by atoms with Gasteiger partial charge < -0.3 is 15.2 Å². The van der Waals surface area contributed by atoms with Gasteiger partial charge in [0.2, 0.25) is 0 Å². The Morgan fingerprint density at radius 2 is 2.00 bits per heavy atom. The predicted molar refractivity (Wildman–Crippen MR) is 99.8 cm³/mol. The molecule has 0 spiro atoms. The average molecular weight is 414 g/mol. The topological polar surface area (TPSA) is 58.6 Å². The van der Waals surface area contributed by atoms with Crippen LogP contribution in [0.3, 0.4) is 0 Å². The Morgan fingerprint density at radius 1 is 1.29 bits per heavy atom. The highest BCUT2D eigenvalue weighted by Crippen LogP contribution is 2.46. The van der Waals surface area contributed by atoms with Crippen molar-refractivity contribution in [2.75, 3.05) is 6.61 Å². The zero-order valence-corrected chi connectivity index (χ0v) is 16.0. The quantitative estimate of drug-likeness (QED) is 0.662. The number of carbonyl (C=O) groups is 1. The maximum Gasteiger partial charge on any atom is 0.422 e. The number of hydrogen-bond donors (Lipinski definition) is 2. The second kappa shape index (κ2) is 7.20. The fraction of sp³-hybridized carbons (Fsp3) is 0.350. The lowest BCUT2D eigenvalue weighted by molar-refractivity contribution is -0.153. The third kappa shape index (κ3) is 4.35. The molecule has 0 heterocycles. The summed E-state index contributed by atoms with van der Waals surface area (Å²) in [5, 5.41) is 12.0. The highest BCUT2D eigenvalue weighted by atomic mass is 35.5. The lowest BCUT2D eigenvalue weighted by Gasteiger charge is -2.27. The molecule has 1 atom stereocenters. The second-order valence-corrected chi connectivity index (χ2v) is 7.91. The van der Waals surface area contributed by atoms with Crippen LogP contribution in [0.15, 0.2) is 36.4 Å². The summed E-state index contributed by atoms with van der Waals surface area (Å²) in [6.07, 6.45) is -4.81. The number of nitrogens with one attached hydrogen (secondary N) is 1. The van der Waals surface area contributed by atoms with Gasteiger partial charge >= 0.3 is 12.3 Å². The molecule has 2 aromatic rings. The van der Waals surface area contributed by atoms with Gasteiger partial charge in [0.1, 0.15) is 5.75 Å². The third-order valence-electron chi connectivity index (χ3n) is 4.80. The fourth-order valence-corrected chi connectivity index (χ4v) is 3.88. The van der Waals surface area contributed by atoms with E-state index in [0.29, 0.717) is 12.0 Å². The minimum Gasteiger partial charge on any atom is -0.484 e. The first-order valence-corrected chi connectivity index (χ1v) is 8.96. The number of alkyl halides is 3. The summed E-state index contributed by atoms with van der Waals surface area (Å²) >= 11 is 6.27. The van der Waals surface area contributed by atoms with Crippen molar-refractivity contribution in [3.63, 3.8) is 0 Å². The van der Waals surface area contributed by atoms with Gasteiger partial charge in [-0.1, -0.05) is 43.6 Å². The predicted octanol–water partition coefficient (Wildman–Crippen LogP) is 5.84. The Balaban J connectivity index is 1.87. The van der Waals surface area contributed by atoms with E-state index in [1.54, 1.807) is 6.07 Å². The molecule has 0 aliphatic heterocycles. The summed E-state index contributed by atoms with van der Waals surface area (Å²) < 4.78 is 41.6. The van der Waals surface area contributed by atoms with Gasteiger partial charge in [-0.2, -0.15) is 13.2 Å². The van der Waals surface area contributed by atoms with E-state index in [4.69, 9.17) is 21.4 Å². The van der Waals surface area contributed by atoms with Gasteiger partial charge in [-0.3, -0.25) is 0 Å². The summed E-state index contributed by atoms with van der Waals surface area (Å²) in [6.45, 7) is 2.61. The lowest BCUT2D eigenvalue weighted by Crippen LogP contribution is -2.34. The molecule has 0 unspecified atom stereocenters. The van der Waals surface area contributed by atoms with Crippen molar-refractivity contribution in [3.8, 4) is 16.9 Å². The zero-order chi connectivity index (χ0) is 20.7. The number of fused-ring (bicyclic) bond motifs is 1. The molecule has 0 fully saturated rings. The Hall–Kier alpha value is -2.41. The summed E-state index contributed by atoms with van der Waals surface area (Å²) in [6, 6.07) is 9.73. The van der Waals surface area contributed by atoms with Crippen LogP contribution >= 0.6 is 11.6 Å². The van der Waals surface area contributed by atoms with Crippen LogP contribution in [-0.4, -0.2) is 24.0 Å². The van der Waals surface area contributed by atoms with Gasteiger partial charge in [0.25, 0.3) is 0 Å². The number of rotatable bonds is 4. The summed E-state index contributed by atoms with van der Waals surface area (Å²) in [4.78, 5) is 11.1. The highest BCUT2D eigenvalue weighted by molar-refractivity contribution is 6.33. The summed E-state index contributed by atoms with van der Waals surface area (Å²) in [7, 11) is 0. The van der Waals surface area contributed by atoms with Gasteiger partial charge in [-0.15, -0.1) is 0 Å². The van der Waals surface area contributed by atoms with Crippen LogP contribution in [0.2, 0.25) is 5.02 Å².